The Kier molecular flexibility index (Phi) is 4.47. The van der Waals surface area contributed by atoms with Crippen LogP contribution in [0.3, 0.4) is 0 Å². The first-order chi connectivity index (χ1) is 9.63. The molecule has 0 spiro atoms. The molecule has 2 aromatic rings. The van der Waals surface area contributed by atoms with Crippen LogP contribution in [0.15, 0.2) is 35.3 Å². The molecule has 2 rings (SSSR count). The van der Waals surface area contributed by atoms with Crippen molar-refractivity contribution in [1.82, 2.24) is 9.78 Å². The summed E-state index contributed by atoms with van der Waals surface area (Å²) in [5.41, 5.74) is -0.219. The summed E-state index contributed by atoms with van der Waals surface area (Å²) in [6.07, 6.45) is 0.891. The van der Waals surface area contributed by atoms with Gasteiger partial charge in [0.05, 0.1) is 11.6 Å². The highest BCUT2D eigenvalue weighted by Gasteiger charge is 2.17. The van der Waals surface area contributed by atoms with Crippen molar-refractivity contribution >= 4 is 16.7 Å². The van der Waals surface area contributed by atoms with E-state index in [4.69, 9.17) is 9.84 Å². The van der Waals surface area contributed by atoms with Crippen LogP contribution in [-0.4, -0.2) is 33.6 Å². The Balaban J connectivity index is 2.20. The zero-order chi connectivity index (χ0) is 14.5. The standard InChI is InChI=1S/C14H16N2O4/c1-2-20-12(14(18)19)7-8-16-13(17)11-6-4-3-5-10(11)9-15-16/h3-6,9,12H,2,7-8H2,1H3,(H,18,19). The summed E-state index contributed by atoms with van der Waals surface area (Å²) in [5, 5.41) is 14.4. The smallest absolute Gasteiger partial charge is 0.332 e. The zero-order valence-electron chi connectivity index (χ0n) is 11.2. The predicted molar refractivity (Wildman–Crippen MR) is 73.7 cm³/mol. The van der Waals surface area contributed by atoms with Gasteiger partial charge in [-0.25, -0.2) is 9.48 Å². The molecule has 0 saturated carbocycles. The minimum atomic E-state index is -1.03. The summed E-state index contributed by atoms with van der Waals surface area (Å²) in [5.74, 6) is -1.03. The number of ether oxygens (including phenoxy) is 1. The molecule has 1 N–H and O–H groups in total. The SMILES string of the molecule is CCOC(CCn1ncc2ccccc2c1=O)C(=O)O. The lowest BCUT2D eigenvalue weighted by Crippen LogP contribution is -2.29. The van der Waals surface area contributed by atoms with Crippen molar-refractivity contribution in [3.63, 3.8) is 0 Å². The lowest BCUT2D eigenvalue weighted by atomic mass is 10.2. The molecule has 6 nitrogen and oxygen atoms in total. The molecule has 1 heterocycles. The van der Waals surface area contributed by atoms with Crippen molar-refractivity contribution in [2.24, 2.45) is 0 Å². The van der Waals surface area contributed by atoms with Crippen molar-refractivity contribution in [2.45, 2.75) is 26.0 Å². The Morgan fingerprint density at radius 3 is 2.90 bits per heavy atom. The summed E-state index contributed by atoms with van der Waals surface area (Å²) in [6.45, 7) is 2.26. The van der Waals surface area contributed by atoms with Gasteiger partial charge in [-0.15, -0.1) is 0 Å². The molecule has 0 amide bonds. The second kappa shape index (κ2) is 6.29. The van der Waals surface area contributed by atoms with Gasteiger partial charge >= 0.3 is 5.97 Å². The number of carbonyl (C=O) groups is 1. The van der Waals surface area contributed by atoms with E-state index in [0.717, 1.165) is 5.39 Å². The minimum Gasteiger partial charge on any atom is -0.479 e. The maximum atomic E-state index is 12.2. The first-order valence-electron chi connectivity index (χ1n) is 6.42. The molecule has 0 radical (unpaired) electrons. The van der Waals surface area contributed by atoms with E-state index in [1.54, 1.807) is 25.3 Å². The fourth-order valence-electron chi connectivity index (χ4n) is 2.01. The number of rotatable bonds is 6. The van der Waals surface area contributed by atoms with Gasteiger partial charge in [0.25, 0.3) is 5.56 Å². The number of aliphatic carboxylic acids is 1. The second-order valence-electron chi connectivity index (χ2n) is 4.33. The molecule has 1 atom stereocenters. The Bertz CT molecular complexity index is 666. The lowest BCUT2D eigenvalue weighted by molar-refractivity contribution is -0.150. The monoisotopic (exact) mass is 276 g/mol. The summed E-state index contributed by atoms with van der Waals surface area (Å²) < 4.78 is 6.38. The lowest BCUT2D eigenvalue weighted by Gasteiger charge is -2.12. The number of nitrogens with zero attached hydrogens (tertiary/aromatic N) is 2. The number of carboxylic acids is 1. The zero-order valence-corrected chi connectivity index (χ0v) is 11.2. The van der Waals surface area contributed by atoms with Crippen molar-refractivity contribution < 1.29 is 14.6 Å². The van der Waals surface area contributed by atoms with Gasteiger partial charge < -0.3 is 9.84 Å². The first-order valence-corrected chi connectivity index (χ1v) is 6.42. The van der Waals surface area contributed by atoms with E-state index in [1.807, 2.05) is 12.1 Å². The van der Waals surface area contributed by atoms with Gasteiger partial charge in [-0.3, -0.25) is 4.79 Å². The van der Waals surface area contributed by atoms with Gasteiger partial charge in [0.2, 0.25) is 0 Å². The Morgan fingerprint density at radius 2 is 2.20 bits per heavy atom. The van der Waals surface area contributed by atoms with Crippen LogP contribution < -0.4 is 5.56 Å². The molecule has 0 fully saturated rings. The molecule has 1 aromatic heterocycles. The number of carboxylic acid groups (broad SMARTS) is 1. The molecule has 0 saturated heterocycles. The fourth-order valence-corrected chi connectivity index (χ4v) is 2.01. The summed E-state index contributed by atoms with van der Waals surface area (Å²) in [6, 6.07) is 7.17. The topological polar surface area (TPSA) is 81.4 Å². The van der Waals surface area contributed by atoms with Crippen LogP contribution in [0.4, 0.5) is 0 Å². The molecule has 0 aliphatic carbocycles. The van der Waals surface area contributed by atoms with Crippen molar-refractivity contribution in [2.75, 3.05) is 6.61 Å². The van der Waals surface area contributed by atoms with Crippen LogP contribution in [0.2, 0.25) is 0 Å². The third-order valence-corrected chi connectivity index (χ3v) is 3.01. The maximum absolute atomic E-state index is 12.2. The van der Waals surface area contributed by atoms with E-state index in [2.05, 4.69) is 5.10 Å². The molecule has 106 valence electrons. The fraction of sp³-hybridized carbons (Fsp3) is 0.357. The third kappa shape index (κ3) is 3.03. The molecular weight excluding hydrogens is 260 g/mol. The molecule has 6 heteroatoms. The van der Waals surface area contributed by atoms with Gasteiger partial charge in [-0.05, 0) is 13.0 Å². The van der Waals surface area contributed by atoms with E-state index in [1.165, 1.54) is 4.68 Å². The van der Waals surface area contributed by atoms with Crippen molar-refractivity contribution in [1.29, 1.82) is 0 Å². The number of benzene rings is 1. The summed E-state index contributed by atoms with van der Waals surface area (Å²) in [7, 11) is 0. The Labute approximate surface area is 115 Å². The van der Waals surface area contributed by atoms with Crippen LogP contribution in [0.1, 0.15) is 13.3 Å². The summed E-state index contributed by atoms with van der Waals surface area (Å²) >= 11 is 0. The van der Waals surface area contributed by atoms with Gasteiger partial charge in [-0.1, -0.05) is 18.2 Å². The number of fused-ring (bicyclic) bond motifs is 1. The van der Waals surface area contributed by atoms with Gasteiger partial charge in [0.1, 0.15) is 0 Å². The molecule has 1 unspecified atom stereocenters. The van der Waals surface area contributed by atoms with Crippen LogP contribution >= 0.6 is 0 Å². The molecular formula is C14H16N2O4. The molecule has 0 aliphatic rings. The number of hydrogen-bond donors (Lipinski definition) is 1. The minimum absolute atomic E-state index is 0.203. The van der Waals surface area contributed by atoms with E-state index in [0.29, 0.717) is 12.0 Å². The number of hydrogen-bond acceptors (Lipinski definition) is 4. The second-order valence-corrected chi connectivity index (χ2v) is 4.33. The van der Waals surface area contributed by atoms with Gasteiger partial charge in [-0.2, -0.15) is 5.10 Å². The maximum Gasteiger partial charge on any atom is 0.332 e. The van der Waals surface area contributed by atoms with Crippen LogP contribution in [0.25, 0.3) is 10.8 Å². The molecule has 1 aromatic carbocycles. The largest absolute Gasteiger partial charge is 0.479 e. The number of aromatic nitrogens is 2. The van der Waals surface area contributed by atoms with Gasteiger partial charge in [0.15, 0.2) is 6.10 Å². The predicted octanol–water partition coefficient (Wildman–Crippen LogP) is 1.28. The Hall–Kier alpha value is -2.21. The normalized spacial score (nSPS) is 12.4. The average molecular weight is 276 g/mol. The summed E-state index contributed by atoms with van der Waals surface area (Å²) in [4.78, 5) is 23.2. The van der Waals surface area contributed by atoms with Crippen molar-refractivity contribution in [3.05, 3.63) is 40.8 Å². The van der Waals surface area contributed by atoms with E-state index in [-0.39, 0.29) is 18.5 Å². The molecule has 20 heavy (non-hydrogen) atoms. The highest BCUT2D eigenvalue weighted by atomic mass is 16.5. The van der Waals surface area contributed by atoms with Crippen LogP contribution in [0.5, 0.6) is 0 Å². The average Bonchev–Trinajstić information content (AvgIpc) is 2.45. The quantitative estimate of drug-likeness (QED) is 0.859. The van der Waals surface area contributed by atoms with E-state index >= 15 is 0 Å². The van der Waals surface area contributed by atoms with Crippen LogP contribution in [0, 0.1) is 0 Å². The Morgan fingerprint density at radius 1 is 1.45 bits per heavy atom. The van der Waals surface area contributed by atoms with Crippen molar-refractivity contribution in [3.8, 4) is 0 Å². The first kappa shape index (κ1) is 14.2. The third-order valence-electron chi connectivity index (χ3n) is 3.01. The molecule has 0 aliphatic heterocycles. The van der Waals surface area contributed by atoms with E-state index in [9.17, 15) is 9.59 Å². The number of aryl methyl sites for hydroxylation is 1. The molecule has 0 bridgehead atoms. The highest BCUT2D eigenvalue weighted by molar-refractivity contribution is 5.80. The van der Waals surface area contributed by atoms with E-state index < -0.39 is 12.1 Å². The van der Waals surface area contributed by atoms with Crippen LogP contribution in [-0.2, 0) is 16.1 Å². The van der Waals surface area contributed by atoms with Gasteiger partial charge in [0, 0.05) is 25.0 Å². The highest BCUT2D eigenvalue weighted by Crippen LogP contribution is 2.07.